The summed E-state index contributed by atoms with van der Waals surface area (Å²) in [6, 6.07) is 1.80. The first-order valence-electron chi connectivity index (χ1n) is 4.82. The van der Waals surface area contributed by atoms with Gasteiger partial charge in [-0.05, 0) is 24.7 Å². The van der Waals surface area contributed by atoms with Crippen LogP contribution in [0.25, 0.3) is 0 Å². The minimum Gasteiger partial charge on any atom is -0.214 e. The molecule has 0 heterocycles. The number of rotatable bonds is 5. The molecule has 1 fully saturated rings. The molecule has 1 N–H and O–H groups in total. The van der Waals surface area contributed by atoms with E-state index in [0.717, 1.165) is 12.8 Å². The summed E-state index contributed by atoms with van der Waals surface area (Å²) in [7, 11) is -3.43. The van der Waals surface area contributed by atoms with Crippen LogP contribution >= 0.6 is 0 Å². The fourth-order valence-corrected chi connectivity index (χ4v) is 2.47. The van der Waals surface area contributed by atoms with Crippen LogP contribution in [-0.4, -0.2) is 20.2 Å². The summed E-state index contributed by atoms with van der Waals surface area (Å²) in [4.78, 5) is 0. The number of nitrogens with one attached hydrogen (secondary N) is 1. The first-order valence-corrected chi connectivity index (χ1v) is 6.36. The molecule has 0 aromatic carbocycles. The molecule has 0 saturated heterocycles. The van der Waals surface area contributed by atoms with Gasteiger partial charge in [-0.1, -0.05) is 13.8 Å². The molecular formula is C9H16N2O2S. The first-order chi connectivity index (χ1) is 6.43. The summed E-state index contributed by atoms with van der Waals surface area (Å²) in [5.74, 6) is 0. The van der Waals surface area contributed by atoms with Crippen LogP contribution in [0.1, 0.15) is 33.1 Å². The Hall–Kier alpha value is -0.600. The molecule has 0 aromatic heterocycles. The van der Waals surface area contributed by atoms with Gasteiger partial charge in [-0.3, -0.25) is 0 Å². The summed E-state index contributed by atoms with van der Waals surface area (Å²) < 4.78 is 25.6. The van der Waals surface area contributed by atoms with Gasteiger partial charge in [0.05, 0.1) is 6.07 Å². The lowest BCUT2D eigenvalue weighted by Crippen LogP contribution is -2.36. The zero-order chi connectivity index (χ0) is 10.8. The average Bonchev–Trinajstić information content (AvgIpc) is 2.84. The molecule has 1 aliphatic rings. The maximum Gasteiger partial charge on any atom is 0.227 e. The van der Waals surface area contributed by atoms with Crippen LogP contribution in [0.15, 0.2) is 0 Å². The second kappa shape index (κ2) is 3.87. The van der Waals surface area contributed by atoms with E-state index in [1.165, 1.54) is 0 Å². The van der Waals surface area contributed by atoms with Crippen molar-refractivity contribution in [2.75, 3.05) is 6.54 Å². The fourth-order valence-electron chi connectivity index (χ4n) is 1.15. The highest BCUT2D eigenvalue weighted by molar-refractivity contribution is 7.90. The molecule has 0 aliphatic heterocycles. The summed E-state index contributed by atoms with van der Waals surface area (Å²) in [5.41, 5.74) is 0.140. The van der Waals surface area contributed by atoms with Crippen molar-refractivity contribution in [1.29, 1.82) is 5.26 Å². The second-order valence-corrected chi connectivity index (χ2v) is 6.15. The monoisotopic (exact) mass is 216 g/mol. The quantitative estimate of drug-likeness (QED) is 0.745. The van der Waals surface area contributed by atoms with E-state index in [4.69, 9.17) is 5.26 Å². The third kappa shape index (κ3) is 2.69. The van der Waals surface area contributed by atoms with E-state index in [0.29, 0.717) is 13.0 Å². The molecule has 1 rings (SSSR count). The van der Waals surface area contributed by atoms with Crippen molar-refractivity contribution in [2.24, 2.45) is 5.41 Å². The van der Waals surface area contributed by atoms with E-state index >= 15 is 0 Å². The van der Waals surface area contributed by atoms with Gasteiger partial charge in [0.15, 0.2) is 5.25 Å². The molecule has 0 spiro atoms. The average molecular weight is 216 g/mol. The molecule has 1 unspecified atom stereocenters. The molecule has 4 nitrogen and oxygen atoms in total. The predicted molar refractivity (Wildman–Crippen MR) is 54.0 cm³/mol. The molecule has 5 heteroatoms. The standard InChI is InChI=1S/C9H16N2O2S/c1-3-8(6-10)14(12,13)11-7-9(2)4-5-9/h8,11H,3-5,7H2,1-2H3. The topological polar surface area (TPSA) is 70.0 Å². The van der Waals surface area contributed by atoms with Crippen LogP contribution < -0.4 is 4.72 Å². The van der Waals surface area contributed by atoms with E-state index < -0.39 is 15.3 Å². The SMILES string of the molecule is CCC(C#N)S(=O)(=O)NCC1(C)CC1. The van der Waals surface area contributed by atoms with Gasteiger partial charge in [-0.25, -0.2) is 13.1 Å². The Labute approximate surface area is 85.4 Å². The summed E-state index contributed by atoms with van der Waals surface area (Å²) >= 11 is 0. The summed E-state index contributed by atoms with van der Waals surface area (Å²) in [5, 5.41) is 7.73. The normalized spacial score (nSPS) is 21.2. The lowest BCUT2D eigenvalue weighted by molar-refractivity contribution is 0.526. The zero-order valence-corrected chi connectivity index (χ0v) is 9.39. The zero-order valence-electron chi connectivity index (χ0n) is 8.58. The summed E-state index contributed by atoms with van der Waals surface area (Å²) in [6.45, 7) is 4.21. The minimum absolute atomic E-state index is 0.140. The van der Waals surface area contributed by atoms with Gasteiger partial charge in [0, 0.05) is 6.54 Å². The Bertz CT molecular complexity index is 338. The number of nitrogens with zero attached hydrogens (tertiary/aromatic N) is 1. The molecule has 0 aromatic rings. The third-order valence-electron chi connectivity index (χ3n) is 2.69. The minimum atomic E-state index is -3.43. The van der Waals surface area contributed by atoms with E-state index in [1.807, 2.05) is 6.92 Å². The molecule has 80 valence electrons. The second-order valence-electron chi connectivity index (χ2n) is 4.20. The molecular weight excluding hydrogens is 200 g/mol. The number of nitriles is 1. The Morgan fingerprint density at radius 1 is 1.57 bits per heavy atom. The predicted octanol–water partition coefficient (Wildman–Crippen LogP) is 1.01. The van der Waals surface area contributed by atoms with Gasteiger partial charge < -0.3 is 0 Å². The first kappa shape index (κ1) is 11.5. The molecule has 0 radical (unpaired) electrons. The Kier molecular flexibility index (Phi) is 3.17. The van der Waals surface area contributed by atoms with Crippen molar-refractivity contribution in [3.63, 3.8) is 0 Å². The molecule has 14 heavy (non-hydrogen) atoms. The number of sulfonamides is 1. The lowest BCUT2D eigenvalue weighted by Gasteiger charge is -2.13. The maximum absolute atomic E-state index is 11.5. The van der Waals surface area contributed by atoms with Crippen molar-refractivity contribution < 1.29 is 8.42 Å². The van der Waals surface area contributed by atoms with E-state index in [9.17, 15) is 8.42 Å². The van der Waals surface area contributed by atoms with Gasteiger partial charge >= 0.3 is 0 Å². The largest absolute Gasteiger partial charge is 0.227 e. The summed E-state index contributed by atoms with van der Waals surface area (Å²) in [6.07, 6.45) is 2.47. The van der Waals surface area contributed by atoms with Crippen LogP contribution in [0.4, 0.5) is 0 Å². The van der Waals surface area contributed by atoms with Gasteiger partial charge in [0.1, 0.15) is 0 Å². The van der Waals surface area contributed by atoms with Crippen molar-refractivity contribution in [3.8, 4) is 6.07 Å². The highest BCUT2D eigenvalue weighted by Gasteiger charge is 2.38. The van der Waals surface area contributed by atoms with Crippen LogP contribution in [0.2, 0.25) is 0 Å². The van der Waals surface area contributed by atoms with Crippen molar-refractivity contribution in [2.45, 2.75) is 38.4 Å². The third-order valence-corrected chi connectivity index (χ3v) is 4.43. The Morgan fingerprint density at radius 3 is 2.50 bits per heavy atom. The van der Waals surface area contributed by atoms with Gasteiger partial charge in [-0.2, -0.15) is 5.26 Å². The van der Waals surface area contributed by atoms with Crippen LogP contribution in [0, 0.1) is 16.7 Å². The Balaban J connectivity index is 2.53. The Morgan fingerprint density at radius 2 is 2.14 bits per heavy atom. The molecule has 1 saturated carbocycles. The lowest BCUT2D eigenvalue weighted by atomic mass is 10.2. The van der Waals surface area contributed by atoms with Gasteiger partial charge in [0.2, 0.25) is 10.0 Å². The van der Waals surface area contributed by atoms with Crippen LogP contribution in [0.3, 0.4) is 0 Å². The maximum atomic E-state index is 11.5. The molecule has 0 bridgehead atoms. The van der Waals surface area contributed by atoms with Crippen LogP contribution in [0.5, 0.6) is 0 Å². The van der Waals surface area contributed by atoms with Gasteiger partial charge in [0.25, 0.3) is 0 Å². The highest BCUT2D eigenvalue weighted by atomic mass is 32.2. The van der Waals surface area contributed by atoms with Crippen molar-refractivity contribution >= 4 is 10.0 Å². The van der Waals surface area contributed by atoms with Crippen molar-refractivity contribution in [1.82, 2.24) is 4.72 Å². The van der Waals surface area contributed by atoms with E-state index in [-0.39, 0.29) is 5.41 Å². The number of hydrogen-bond donors (Lipinski definition) is 1. The van der Waals surface area contributed by atoms with E-state index in [2.05, 4.69) is 4.72 Å². The molecule has 1 aliphatic carbocycles. The van der Waals surface area contributed by atoms with Crippen LogP contribution in [-0.2, 0) is 10.0 Å². The fraction of sp³-hybridized carbons (Fsp3) is 0.889. The van der Waals surface area contributed by atoms with E-state index in [1.54, 1.807) is 13.0 Å². The smallest absolute Gasteiger partial charge is 0.214 e. The molecule has 0 amide bonds. The van der Waals surface area contributed by atoms with Crippen molar-refractivity contribution in [3.05, 3.63) is 0 Å². The number of hydrogen-bond acceptors (Lipinski definition) is 3. The molecule has 1 atom stereocenters. The highest BCUT2D eigenvalue weighted by Crippen LogP contribution is 2.44. The van der Waals surface area contributed by atoms with Gasteiger partial charge in [-0.15, -0.1) is 0 Å².